The molecule has 160 valence electrons. The zero-order chi connectivity index (χ0) is 22.8. The molecule has 0 saturated carbocycles. The standard InChI is InChI=1S/C24H19BrN4O3/c1-27(2)21-13-7-16(15-22(21)29(31)32)8-14-23-26-20-6-4-3-5-19(20)24(30)28(23)18-11-9-17(25)10-12-18/h3-15H,1-2H3. The van der Waals surface area contributed by atoms with Gasteiger partial charge < -0.3 is 4.90 Å². The lowest BCUT2D eigenvalue weighted by molar-refractivity contribution is -0.384. The van der Waals surface area contributed by atoms with Crippen LogP contribution in [0.2, 0.25) is 0 Å². The van der Waals surface area contributed by atoms with Crippen molar-refractivity contribution in [1.82, 2.24) is 9.55 Å². The second kappa shape index (κ2) is 8.76. The number of hydrogen-bond donors (Lipinski definition) is 0. The van der Waals surface area contributed by atoms with Gasteiger partial charge in [0.05, 0.1) is 21.5 Å². The molecule has 3 aromatic carbocycles. The Morgan fingerprint density at radius 3 is 2.44 bits per heavy atom. The first-order valence-electron chi connectivity index (χ1n) is 9.77. The zero-order valence-corrected chi connectivity index (χ0v) is 19.0. The fourth-order valence-electron chi connectivity index (χ4n) is 3.44. The highest BCUT2D eigenvalue weighted by atomic mass is 79.9. The number of fused-ring (bicyclic) bond motifs is 1. The van der Waals surface area contributed by atoms with Crippen molar-refractivity contribution in [3.63, 3.8) is 0 Å². The zero-order valence-electron chi connectivity index (χ0n) is 17.4. The van der Waals surface area contributed by atoms with E-state index in [-0.39, 0.29) is 11.2 Å². The Bertz CT molecular complexity index is 1410. The van der Waals surface area contributed by atoms with Gasteiger partial charge in [-0.05, 0) is 54.1 Å². The molecular formula is C24H19BrN4O3. The maximum absolute atomic E-state index is 13.3. The molecule has 0 saturated heterocycles. The van der Waals surface area contributed by atoms with Crippen molar-refractivity contribution in [2.45, 2.75) is 0 Å². The fourth-order valence-corrected chi connectivity index (χ4v) is 3.71. The fraction of sp³-hybridized carbons (Fsp3) is 0.0833. The predicted molar refractivity (Wildman–Crippen MR) is 131 cm³/mol. The summed E-state index contributed by atoms with van der Waals surface area (Å²) >= 11 is 3.41. The van der Waals surface area contributed by atoms with E-state index in [9.17, 15) is 14.9 Å². The Morgan fingerprint density at radius 2 is 1.75 bits per heavy atom. The Balaban J connectivity index is 1.87. The lowest BCUT2D eigenvalue weighted by Crippen LogP contribution is -2.22. The van der Waals surface area contributed by atoms with Crippen LogP contribution < -0.4 is 10.5 Å². The molecule has 7 nitrogen and oxygen atoms in total. The molecule has 0 unspecified atom stereocenters. The number of anilines is 1. The Morgan fingerprint density at radius 1 is 1.03 bits per heavy atom. The second-order valence-corrected chi connectivity index (χ2v) is 8.25. The van der Waals surface area contributed by atoms with Gasteiger partial charge in [0.15, 0.2) is 0 Å². The minimum Gasteiger partial charge on any atom is -0.372 e. The van der Waals surface area contributed by atoms with Gasteiger partial charge in [0.2, 0.25) is 0 Å². The number of aromatic nitrogens is 2. The highest BCUT2D eigenvalue weighted by Gasteiger charge is 2.16. The molecule has 0 radical (unpaired) electrons. The van der Waals surface area contributed by atoms with Gasteiger partial charge in [0, 0.05) is 24.6 Å². The van der Waals surface area contributed by atoms with E-state index in [1.54, 1.807) is 61.5 Å². The van der Waals surface area contributed by atoms with Crippen molar-refractivity contribution >= 4 is 50.4 Å². The van der Waals surface area contributed by atoms with Crippen LogP contribution in [-0.4, -0.2) is 28.6 Å². The van der Waals surface area contributed by atoms with Crippen molar-refractivity contribution in [1.29, 1.82) is 0 Å². The molecule has 0 aliphatic heterocycles. The summed E-state index contributed by atoms with van der Waals surface area (Å²) in [7, 11) is 3.52. The average Bonchev–Trinajstić information content (AvgIpc) is 2.78. The van der Waals surface area contributed by atoms with Crippen LogP contribution in [0, 0.1) is 10.1 Å². The summed E-state index contributed by atoms with van der Waals surface area (Å²) in [5.41, 5.74) is 2.22. The third-order valence-electron chi connectivity index (χ3n) is 4.99. The molecule has 0 spiro atoms. The summed E-state index contributed by atoms with van der Waals surface area (Å²) in [6.45, 7) is 0. The molecule has 8 heteroatoms. The Hall–Kier alpha value is -3.78. The summed E-state index contributed by atoms with van der Waals surface area (Å²) in [5.74, 6) is 0.426. The third kappa shape index (κ3) is 4.17. The summed E-state index contributed by atoms with van der Waals surface area (Å²) < 4.78 is 2.43. The van der Waals surface area contributed by atoms with Gasteiger partial charge in [-0.25, -0.2) is 4.98 Å². The predicted octanol–water partition coefficient (Wildman–Crippen LogP) is 5.29. The molecule has 0 N–H and O–H groups in total. The molecule has 0 atom stereocenters. The highest BCUT2D eigenvalue weighted by molar-refractivity contribution is 9.10. The average molecular weight is 491 g/mol. The Labute approximate surface area is 192 Å². The number of nitro benzene ring substituents is 1. The summed E-state index contributed by atoms with van der Waals surface area (Å²) in [6, 6.07) is 19.5. The number of para-hydroxylation sites is 1. The van der Waals surface area contributed by atoms with Crippen molar-refractivity contribution < 1.29 is 4.92 Å². The van der Waals surface area contributed by atoms with Crippen LogP contribution in [0.4, 0.5) is 11.4 Å². The molecule has 0 amide bonds. The molecular weight excluding hydrogens is 472 g/mol. The summed E-state index contributed by atoms with van der Waals surface area (Å²) in [4.78, 5) is 30.8. The first-order valence-corrected chi connectivity index (χ1v) is 10.6. The second-order valence-electron chi connectivity index (χ2n) is 7.34. The quantitative estimate of drug-likeness (QED) is 0.280. The first-order chi connectivity index (χ1) is 15.3. The van der Waals surface area contributed by atoms with E-state index in [4.69, 9.17) is 0 Å². The lowest BCUT2D eigenvalue weighted by atomic mass is 10.1. The monoisotopic (exact) mass is 490 g/mol. The molecule has 1 aromatic heterocycles. The van der Waals surface area contributed by atoms with Crippen molar-refractivity contribution in [2.75, 3.05) is 19.0 Å². The third-order valence-corrected chi connectivity index (χ3v) is 5.52. The normalized spacial score (nSPS) is 11.2. The minimum atomic E-state index is -0.404. The molecule has 1 heterocycles. The Kier molecular flexibility index (Phi) is 5.87. The van der Waals surface area contributed by atoms with Gasteiger partial charge >= 0.3 is 0 Å². The molecule has 4 rings (SSSR count). The summed E-state index contributed by atoms with van der Waals surface area (Å²) in [6.07, 6.45) is 3.42. The SMILES string of the molecule is CN(C)c1ccc(C=Cc2nc3ccccc3c(=O)n2-c2ccc(Br)cc2)cc1[N+](=O)[O-]. The molecule has 0 bridgehead atoms. The smallest absolute Gasteiger partial charge is 0.293 e. The van der Waals surface area contributed by atoms with Crippen LogP contribution in [0.1, 0.15) is 11.4 Å². The van der Waals surface area contributed by atoms with E-state index in [0.717, 1.165) is 4.47 Å². The van der Waals surface area contributed by atoms with E-state index in [2.05, 4.69) is 20.9 Å². The first kappa shape index (κ1) is 21.5. The number of nitrogens with zero attached hydrogens (tertiary/aromatic N) is 4. The van der Waals surface area contributed by atoms with E-state index in [1.165, 1.54) is 10.6 Å². The number of hydrogen-bond acceptors (Lipinski definition) is 5. The van der Waals surface area contributed by atoms with Crippen LogP contribution in [-0.2, 0) is 0 Å². The lowest BCUT2D eigenvalue weighted by Gasteiger charge is -2.13. The topological polar surface area (TPSA) is 81.3 Å². The van der Waals surface area contributed by atoms with E-state index < -0.39 is 4.92 Å². The van der Waals surface area contributed by atoms with Gasteiger partial charge in [-0.15, -0.1) is 0 Å². The van der Waals surface area contributed by atoms with Gasteiger partial charge in [0.1, 0.15) is 11.5 Å². The molecule has 0 aliphatic rings. The van der Waals surface area contributed by atoms with Crippen LogP contribution in [0.15, 0.2) is 76.0 Å². The highest BCUT2D eigenvalue weighted by Crippen LogP contribution is 2.28. The van der Waals surface area contributed by atoms with Crippen molar-refractivity contribution in [3.05, 3.63) is 103 Å². The minimum absolute atomic E-state index is 0.00826. The van der Waals surface area contributed by atoms with Crippen LogP contribution in [0.5, 0.6) is 0 Å². The molecule has 0 aliphatic carbocycles. The van der Waals surface area contributed by atoms with Gasteiger partial charge in [0.25, 0.3) is 11.2 Å². The largest absolute Gasteiger partial charge is 0.372 e. The van der Waals surface area contributed by atoms with Crippen molar-refractivity contribution in [3.8, 4) is 5.69 Å². The van der Waals surface area contributed by atoms with E-state index in [0.29, 0.717) is 33.7 Å². The van der Waals surface area contributed by atoms with Gasteiger partial charge in [-0.3, -0.25) is 19.5 Å². The number of benzene rings is 3. The number of nitro groups is 1. The summed E-state index contributed by atoms with van der Waals surface area (Å²) in [5, 5.41) is 12.0. The maximum atomic E-state index is 13.3. The molecule has 4 aromatic rings. The van der Waals surface area contributed by atoms with Crippen LogP contribution in [0.3, 0.4) is 0 Å². The van der Waals surface area contributed by atoms with Crippen LogP contribution in [0.25, 0.3) is 28.7 Å². The van der Waals surface area contributed by atoms with Gasteiger partial charge in [-0.1, -0.05) is 40.2 Å². The molecule has 32 heavy (non-hydrogen) atoms. The van der Waals surface area contributed by atoms with Crippen molar-refractivity contribution in [2.24, 2.45) is 0 Å². The molecule has 0 fully saturated rings. The van der Waals surface area contributed by atoms with E-state index >= 15 is 0 Å². The maximum Gasteiger partial charge on any atom is 0.293 e. The van der Waals surface area contributed by atoms with E-state index in [1.807, 2.05) is 30.3 Å². The van der Waals surface area contributed by atoms with Crippen LogP contribution >= 0.6 is 15.9 Å². The van der Waals surface area contributed by atoms with Gasteiger partial charge in [-0.2, -0.15) is 0 Å². The number of rotatable bonds is 5. The number of halogens is 1.